The van der Waals surface area contributed by atoms with Crippen LogP contribution in [-0.2, 0) is 0 Å². The molecule has 0 amide bonds. The van der Waals surface area contributed by atoms with Crippen LogP contribution in [0.15, 0.2) is 6.33 Å². The second-order valence-electron chi connectivity index (χ2n) is 3.39. The van der Waals surface area contributed by atoms with Gasteiger partial charge in [-0.25, -0.2) is 9.97 Å². The van der Waals surface area contributed by atoms with E-state index in [4.69, 9.17) is 5.73 Å². The summed E-state index contributed by atoms with van der Waals surface area (Å²) in [6, 6.07) is 0. The van der Waals surface area contributed by atoms with Gasteiger partial charge in [0.2, 0.25) is 0 Å². The Bertz CT molecular complexity index is 304. The molecule has 0 bridgehead atoms. The van der Waals surface area contributed by atoms with E-state index in [9.17, 15) is 0 Å². The molecule has 0 unspecified atom stereocenters. The highest BCUT2D eigenvalue weighted by Crippen LogP contribution is 2.24. The van der Waals surface area contributed by atoms with E-state index in [2.05, 4.69) is 14.9 Å². The largest absolute Gasteiger partial charge is 0.394 e. The first-order chi connectivity index (χ1) is 6.29. The summed E-state index contributed by atoms with van der Waals surface area (Å²) in [5.74, 6) is 0.907. The number of aromatic nitrogens is 2. The Morgan fingerprint density at radius 3 is 2.69 bits per heavy atom. The summed E-state index contributed by atoms with van der Waals surface area (Å²) in [7, 11) is 0. The summed E-state index contributed by atoms with van der Waals surface area (Å²) in [4.78, 5) is 10.5. The van der Waals surface area contributed by atoms with Crippen molar-refractivity contribution < 1.29 is 0 Å². The Balaban J connectivity index is 2.33. The zero-order valence-electron chi connectivity index (χ0n) is 7.82. The Morgan fingerprint density at radius 1 is 1.31 bits per heavy atom. The van der Waals surface area contributed by atoms with Gasteiger partial charge in [0.15, 0.2) is 5.82 Å². The van der Waals surface area contributed by atoms with Gasteiger partial charge in [0.05, 0.1) is 11.4 Å². The third-order valence-corrected chi connectivity index (χ3v) is 2.47. The average molecular weight is 178 g/mol. The first-order valence-electron chi connectivity index (χ1n) is 4.61. The molecule has 1 aromatic heterocycles. The van der Waals surface area contributed by atoms with Crippen molar-refractivity contribution in [2.45, 2.75) is 19.8 Å². The quantitative estimate of drug-likeness (QED) is 0.696. The first-order valence-corrected chi connectivity index (χ1v) is 4.61. The fraction of sp³-hybridized carbons (Fsp3) is 0.556. The molecule has 0 spiro atoms. The molecule has 2 heterocycles. The molecule has 0 radical (unpaired) electrons. The lowest BCUT2D eigenvalue weighted by Crippen LogP contribution is -2.21. The summed E-state index contributed by atoms with van der Waals surface area (Å²) < 4.78 is 0. The van der Waals surface area contributed by atoms with Gasteiger partial charge in [0.1, 0.15) is 6.33 Å². The number of nitrogens with two attached hydrogens (primary N) is 1. The van der Waals surface area contributed by atoms with Crippen molar-refractivity contribution in [1.29, 1.82) is 0 Å². The first kappa shape index (κ1) is 8.29. The van der Waals surface area contributed by atoms with Crippen LogP contribution >= 0.6 is 0 Å². The zero-order valence-corrected chi connectivity index (χ0v) is 7.82. The second kappa shape index (κ2) is 3.20. The van der Waals surface area contributed by atoms with Gasteiger partial charge in [-0.15, -0.1) is 0 Å². The maximum Gasteiger partial charge on any atom is 0.155 e. The van der Waals surface area contributed by atoms with Crippen LogP contribution in [0, 0.1) is 6.92 Å². The molecule has 2 N–H and O–H groups in total. The highest BCUT2D eigenvalue weighted by atomic mass is 15.2. The molecule has 4 nitrogen and oxygen atoms in total. The summed E-state index contributed by atoms with van der Waals surface area (Å²) in [6.07, 6.45) is 4.06. The molecular weight excluding hydrogens is 164 g/mol. The van der Waals surface area contributed by atoms with Crippen molar-refractivity contribution in [2.75, 3.05) is 23.7 Å². The number of anilines is 2. The van der Waals surface area contributed by atoms with Crippen molar-refractivity contribution in [3.8, 4) is 0 Å². The summed E-state index contributed by atoms with van der Waals surface area (Å²) in [6.45, 7) is 4.05. The van der Waals surface area contributed by atoms with Crippen molar-refractivity contribution >= 4 is 11.5 Å². The lowest BCUT2D eigenvalue weighted by Gasteiger charge is -2.18. The van der Waals surface area contributed by atoms with Crippen molar-refractivity contribution in [1.82, 2.24) is 9.97 Å². The van der Waals surface area contributed by atoms with E-state index in [1.807, 2.05) is 6.92 Å². The maximum absolute atomic E-state index is 5.90. The molecule has 0 aliphatic carbocycles. The van der Waals surface area contributed by atoms with Gasteiger partial charge in [-0.1, -0.05) is 0 Å². The standard InChI is InChI=1S/C9H14N4/c1-7-8(10)9(12-6-11-7)13-4-2-3-5-13/h6H,2-5,10H2,1H3. The van der Waals surface area contributed by atoms with Crippen LogP contribution in [0.1, 0.15) is 18.5 Å². The lowest BCUT2D eigenvalue weighted by atomic mass is 10.3. The number of hydrogen-bond acceptors (Lipinski definition) is 4. The number of nitrogen functional groups attached to an aromatic ring is 1. The maximum atomic E-state index is 5.90. The van der Waals surface area contributed by atoms with Gasteiger partial charge in [0.25, 0.3) is 0 Å². The zero-order chi connectivity index (χ0) is 9.26. The summed E-state index contributed by atoms with van der Waals surface area (Å²) in [5.41, 5.74) is 7.49. The van der Waals surface area contributed by atoms with Gasteiger partial charge in [0, 0.05) is 13.1 Å². The predicted octanol–water partition coefficient (Wildman–Crippen LogP) is 0.967. The van der Waals surface area contributed by atoms with E-state index in [0.717, 1.165) is 30.3 Å². The highest BCUT2D eigenvalue weighted by molar-refractivity contribution is 5.64. The lowest BCUT2D eigenvalue weighted by molar-refractivity contribution is 0.924. The van der Waals surface area contributed by atoms with E-state index in [1.54, 1.807) is 6.33 Å². The molecular formula is C9H14N4. The van der Waals surface area contributed by atoms with Crippen LogP contribution in [-0.4, -0.2) is 23.1 Å². The van der Waals surface area contributed by atoms with Crippen LogP contribution in [0.5, 0.6) is 0 Å². The number of nitrogens with zero attached hydrogens (tertiary/aromatic N) is 3. The normalized spacial score (nSPS) is 16.5. The molecule has 1 aliphatic rings. The molecule has 70 valence electrons. The molecule has 0 atom stereocenters. The number of rotatable bonds is 1. The van der Waals surface area contributed by atoms with Gasteiger partial charge in [-0.05, 0) is 19.8 Å². The van der Waals surface area contributed by atoms with Crippen LogP contribution in [0.2, 0.25) is 0 Å². The topological polar surface area (TPSA) is 55.0 Å². The Labute approximate surface area is 77.8 Å². The summed E-state index contributed by atoms with van der Waals surface area (Å²) in [5, 5.41) is 0. The van der Waals surface area contributed by atoms with E-state index in [0.29, 0.717) is 0 Å². The van der Waals surface area contributed by atoms with E-state index < -0.39 is 0 Å². The third kappa shape index (κ3) is 1.43. The van der Waals surface area contributed by atoms with Gasteiger partial charge >= 0.3 is 0 Å². The molecule has 1 fully saturated rings. The molecule has 0 aromatic carbocycles. The highest BCUT2D eigenvalue weighted by Gasteiger charge is 2.16. The molecule has 4 heteroatoms. The van der Waals surface area contributed by atoms with Crippen molar-refractivity contribution in [3.63, 3.8) is 0 Å². The fourth-order valence-electron chi connectivity index (χ4n) is 1.65. The Kier molecular flexibility index (Phi) is 2.04. The van der Waals surface area contributed by atoms with Gasteiger partial charge < -0.3 is 10.6 Å². The molecule has 2 rings (SSSR count). The predicted molar refractivity (Wildman–Crippen MR) is 52.6 cm³/mol. The molecule has 1 aromatic rings. The van der Waals surface area contributed by atoms with E-state index >= 15 is 0 Å². The summed E-state index contributed by atoms with van der Waals surface area (Å²) >= 11 is 0. The van der Waals surface area contributed by atoms with Crippen LogP contribution in [0.25, 0.3) is 0 Å². The van der Waals surface area contributed by atoms with Crippen LogP contribution in [0.3, 0.4) is 0 Å². The SMILES string of the molecule is Cc1ncnc(N2CCCC2)c1N. The molecule has 1 aliphatic heterocycles. The second-order valence-corrected chi connectivity index (χ2v) is 3.39. The number of hydrogen-bond donors (Lipinski definition) is 1. The van der Waals surface area contributed by atoms with Crippen LogP contribution in [0.4, 0.5) is 11.5 Å². The van der Waals surface area contributed by atoms with Crippen LogP contribution < -0.4 is 10.6 Å². The van der Waals surface area contributed by atoms with Gasteiger partial charge in [-0.3, -0.25) is 0 Å². The average Bonchev–Trinajstić information content (AvgIpc) is 2.62. The van der Waals surface area contributed by atoms with Crippen molar-refractivity contribution in [2.24, 2.45) is 0 Å². The minimum Gasteiger partial charge on any atom is -0.394 e. The number of aryl methyl sites for hydroxylation is 1. The fourth-order valence-corrected chi connectivity index (χ4v) is 1.65. The molecule has 13 heavy (non-hydrogen) atoms. The van der Waals surface area contributed by atoms with Gasteiger partial charge in [-0.2, -0.15) is 0 Å². The minimum atomic E-state index is 0.726. The van der Waals surface area contributed by atoms with E-state index in [-0.39, 0.29) is 0 Å². The van der Waals surface area contributed by atoms with Crippen molar-refractivity contribution in [3.05, 3.63) is 12.0 Å². The molecule has 1 saturated heterocycles. The monoisotopic (exact) mass is 178 g/mol. The smallest absolute Gasteiger partial charge is 0.155 e. The van der Waals surface area contributed by atoms with E-state index in [1.165, 1.54) is 12.8 Å². The minimum absolute atomic E-state index is 0.726. The Hall–Kier alpha value is -1.32. The third-order valence-electron chi connectivity index (χ3n) is 2.47. The Morgan fingerprint density at radius 2 is 2.00 bits per heavy atom. The molecule has 0 saturated carbocycles.